The molecule has 0 radical (unpaired) electrons. The van der Waals surface area contributed by atoms with Crippen LogP contribution in [0.15, 0.2) is 22.8 Å². The average Bonchev–Trinajstić information content (AvgIpc) is 2.78. The Bertz CT molecular complexity index is 740. The molecule has 0 bridgehead atoms. The number of aryl methyl sites for hydroxylation is 1. The second-order valence-electron chi connectivity index (χ2n) is 4.22. The zero-order valence-corrected chi connectivity index (χ0v) is 11.6. The molecular formula is C12H12BrN5. The van der Waals surface area contributed by atoms with Crippen molar-refractivity contribution in [3.8, 4) is 11.3 Å². The van der Waals surface area contributed by atoms with Gasteiger partial charge in [-0.3, -0.25) is 0 Å². The summed E-state index contributed by atoms with van der Waals surface area (Å²) in [5, 5.41) is 0. The molecule has 2 heterocycles. The minimum Gasteiger partial charge on any atom is -0.369 e. The topological polar surface area (TPSA) is 72.5 Å². The van der Waals surface area contributed by atoms with Crippen molar-refractivity contribution in [1.82, 2.24) is 19.5 Å². The number of anilines is 1. The second-order valence-corrected chi connectivity index (χ2v) is 4.97. The zero-order chi connectivity index (χ0) is 12.9. The average molecular weight is 306 g/mol. The van der Waals surface area contributed by atoms with Crippen molar-refractivity contribution in [2.75, 3.05) is 5.73 Å². The number of benzene rings is 1. The largest absolute Gasteiger partial charge is 0.369 e. The van der Waals surface area contributed by atoms with Gasteiger partial charge in [0.15, 0.2) is 0 Å². The molecule has 3 aromatic rings. The van der Waals surface area contributed by atoms with Crippen molar-refractivity contribution in [2.45, 2.75) is 6.92 Å². The fraction of sp³-hybridized carbons (Fsp3) is 0.167. The summed E-state index contributed by atoms with van der Waals surface area (Å²) in [6.45, 7) is 1.94. The molecule has 0 unspecified atom stereocenters. The molecule has 0 saturated carbocycles. The number of rotatable bonds is 1. The minimum absolute atomic E-state index is 0.484. The Morgan fingerprint density at radius 3 is 2.78 bits per heavy atom. The fourth-order valence-corrected chi connectivity index (χ4v) is 2.76. The molecule has 0 fully saturated rings. The van der Waals surface area contributed by atoms with Crippen LogP contribution in [0.25, 0.3) is 22.3 Å². The molecular weight excluding hydrogens is 294 g/mol. The van der Waals surface area contributed by atoms with Gasteiger partial charge in [0.25, 0.3) is 0 Å². The van der Waals surface area contributed by atoms with Gasteiger partial charge in [0, 0.05) is 12.6 Å². The van der Waals surface area contributed by atoms with E-state index in [1.165, 1.54) is 0 Å². The highest BCUT2D eigenvalue weighted by atomic mass is 79.9. The van der Waals surface area contributed by atoms with Gasteiger partial charge in [-0.15, -0.1) is 0 Å². The normalized spacial score (nSPS) is 11.3. The third-order valence-corrected chi connectivity index (χ3v) is 3.51. The Labute approximate surface area is 112 Å². The van der Waals surface area contributed by atoms with E-state index in [0.717, 1.165) is 32.7 Å². The number of H-pyrrole nitrogens is 1. The number of nitrogens with one attached hydrogen (secondary N) is 1. The number of nitrogens with zero attached hydrogens (tertiary/aromatic N) is 3. The SMILES string of the molecule is Cc1nc2ccc(-c3c(Br)nc(N)n3C)cc2[nH]1. The fourth-order valence-electron chi connectivity index (χ4n) is 2.08. The molecule has 0 aliphatic rings. The summed E-state index contributed by atoms with van der Waals surface area (Å²) in [4.78, 5) is 11.8. The third kappa shape index (κ3) is 1.60. The number of halogens is 1. The number of fused-ring (bicyclic) bond motifs is 1. The highest BCUT2D eigenvalue weighted by Crippen LogP contribution is 2.30. The van der Waals surface area contributed by atoms with E-state index in [1.54, 1.807) is 0 Å². The summed E-state index contributed by atoms with van der Waals surface area (Å²) in [7, 11) is 1.89. The first kappa shape index (κ1) is 11.3. The Hall–Kier alpha value is -1.82. The van der Waals surface area contributed by atoms with Gasteiger partial charge in [-0.1, -0.05) is 6.07 Å². The van der Waals surface area contributed by atoms with Crippen molar-refractivity contribution in [3.63, 3.8) is 0 Å². The maximum absolute atomic E-state index is 5.80. The van der Waals surface area contributed by atoms with Gasteiger partial charge in [0.1, 0.15) is 10.4 Å². The van der Waals surface area contributed by atoms with Gasteiger partial charge in [0.05, 0.1) is 16.7 Å². The number of nitrogen functional groups attached to an aromatic ring is 1. The molecule has 18 heavy (non-hydrogen) atoms. The minimum atomic E-state index is 0.484. The van der Waals surface area contributed by atoms with Crippen LogP contribution in [-0.2, 0) is 7.05 Å². The Morgan fingerprint density at radius 1 is 1.33 bits per heavy atom. The summed E-state index contributed by atoms with van der Waals surface area (Å²) >= 11 is 3.44. The lowest BCUT2D eigenvalue weighted by Crippen LogP contribution is -1.98. The first-order valence-electron chi connectivity index (χ1n) is 5.50. The van der Waals surface area contributed by atoms with Crippen molar-refractivity contribution in [3.05, 3.63) is 28.6 Å². The molecule has 5 nitrogen and oxygen atoms in total. The Morgan fingerprint density at radius 2 is 2.11 bits per heavy atom. The zero-order valence-electron chi connectivity index (χ0n) is 10.0. The van der Waals surface area contributed by atoms with Crippen LogP contribution in [0.1, 0.15) is 5.82 Å². The van der Waals surface area contributed by atoms with E-state index in [-0.39, 0.29) is 0 Å². The van der Waals surface area contributed by atoms with E-state index in [1.807, 2.05) is 30.7 Å². The highest BCUT2D eigenvalue weighted by molar-refractivity contribution is 9.10. The van der Waals surface area contributed by atoms with Crippen LogP contribution in [-0.4, -0.2) is 19.5 Å². The predicted molar refractivity (Wildman–Crippen MR) is 75.1 cm³/mol. The third-order valence-electron chi connectivity index (χ3n) is 2.96. The molecule has 2 aromatic heterocycles. The van der Waals surface area contributed by atoms with Gasteiger partial charge in [0.2, 0.25) is 5.95 Å². The molecule has 0 aliphatic heterocycles. The van der Waals surface area contributed by atoms with Crippen LogP contribution in [0.4, 0.5) is 5.95 Å². The number of aromatic nitrogens is 4. The molecule has 1 aromatic carbocycles. The van der Waals surface area contributed by atoms with Gasteiger partial charge >= 0.3 is 0 Å². The quantitative estimate of drug-likeness (QED) is 0.726. The van der Waals surface area contributed by atoms with Crippen LogP contribution in [0.2, 0.25) is 0 Å². The molecule has 0 aliphatic carbocycles. The number of nitrogens with two attached hydrogens (primary N) is 1. The first-order valence-corrected chi connectivity index (χ1v) is 6.30. The van der Waals surface area contributed by atoms with Crippen molar-refractivity contribution in [1.29, 1.82) is 0 Å². The summed E-state index contributed by atoms with van der Waals surface area (Å²) in [6.07, 6.45) is 0. The number of hydrogen-bond donors (Lipinski definition) is 2. The van der Waals surface area contributed by atoms with Crippen molar-refractivity contribution in [2.24, 2.45) is 7.05 Å². The highest BCUT2D eigenvalue weighted by Gasteiger charge is 2.13. The number of aromatic amines is 1. The van der Waals surface area contributed by atoms with Crippen LogP contribution in [0, 0.1) is 6.92 Å². The maximum atomic E-state index is 5.80. The standard InChI is InChI=1S/C12H12BrN5/c1-6-15-8-4-3-7(5-9(8)16-6)10-11(13)17-12(14)18(10)2/h3-5H,1-2H3,(H2,14,17)(H,15,16). The van der Waals surface area contributed by atoms with E-state index in [2.05, 4.69) is 36.9 Å². The lowest BCUT2D eigenvalue weighted by molar-refractivity contribution is 0.938. The van der Waals surface area contributed by atoms with Crippen LogP contribution >= 0.6 is 15.9 Å². The maximum Gasteiger partial charge on any atom is 0.201 e. The molecule has 0 saturated heterocycles. The van der Waals surface area contributed by atoms with Crippen LogP contribution in [0.5, 0.6) is 0 Å². The summed E-state index contributed by atoms with van der Waals surface area (Å²) in [6, 6.07) is 6.06. The predicted octanol–water partition coefficient (Wildman–Crippen LogP) is 2.62. The van der Waals surface area contributed by atoms with E-state index < -0.39 is 0 Å². The smallest absolute Gasteiger partial charge is 0.201 e. The first-order chi connectivity index (χ1) is 8.56. The van der Waals surface area contributed by atoms with Crippen molar-refractivity contribution >= 4 is 32.9 Å². The Balaban J connectivity index is 2.24. The van der Waals surface area contributed by atoms with E-state index >= 15 is 0 Å². The van der Waals surface area contributed by atoms with Gasteiger partial charge in [-0.05, 0) is 35.0 Å². The molecule has 0 atom stereocenters. The van der Waals surface area contributed by atoms with Crippen molar-refractivity contribution < 1.29 is 0 Å². The van der Waals surface area contributed by atoms with Gasteiger partial charge < -0.3 is 15.3 Å². The summed E-state index contributed by atoms with van der Waals surface area (Å²) in [5.74, 6) is 1.39. The monoisotopic (exact) mass is 305 g/mol. The Kier molecular flexibility index (Phi) is 2.41. The lowest BCUT2D eigenvalue weighted by atomic mass is 10.1. The van der Waals surface area contributed by atoms with Gasteiger partial charge in [-0.25, -0.2) is 9.97 Å². The van der Waals surface area contributed by atoms with Gasteiger partial charge in [-0.2, -0.15) is 0 Å². The van der Waals surface area contributed by atoms with E-state index in [0.29, 0.717) is 5.95 Å². The molecule has 92 valence electrons. The molecule has 0 spiro atoms. The van der Waals surface area contributed by atoms with E-state index in [4.69, 9.17) is 5.73 Å². The summed E-state index contributed by atoms with van der Waals surface area (Å²) in [5.41, 5.74) is 9.77. The second kappa shape index (κ2) is 3.84. The van der Waals surface area contributed by atoms with Crippen LogP contribution in [0.3, 0.4) is 0 Å². The molecule has 3 N–H and O–H groups in total. The summed E-state index contributed by atoms with van der Waals surface area (Å²) < 4.78 is 2.60. The molecule has 0 amide bonds. The molecule has 3 rings (SSSR count). The number of hydrogen-bond acceptors (Lipinski definition) is 3. The number of imidazole rings is 2. The van der Waals surface area contributed by atoms with Crippen LogP contribution < -0.4 is 5.73 Å². The lowest BCUT2D eigenvalue weighted by Gasteiger charge is -2.04. The molecule has 6 heteroatoms. The van der Waals surface area contributed by atoms with E-state index in [9.17, 15) is 0 Å².